The summed E-state index contributed by atoms with van der Waals surface area (Å²) < 4.78 is 42.5. The van der Waals surface area contributed by atoms with E-state index in [1.165, 1.54) is 6.92 Å². The number of carboxylic acid groups (broad SMARTS) is 1. The number of hydrogen-bond donors (Lipinski definition) is 12. The molecule has 48 heavy (non-hydrogen) atoms. The van der Waals surface area contributed by atoms with Crippen LogP contribution >= 0.6 is 0 Å². The molecule has 0 unspecified atom stereocenters. The minimum absolute atomic E-state index is 0.809. The van der Waals surface area contributed by atoms with E-state index in [4.69, 9.17) is 37.9 Å². The van der Waals surface area contributed by atoms with Gasteiger partial charge in [-0.3, -0.25) is 4.79 Å². The highest BCUT2D eigenvalue weighted by molar-refractivity contribution is 5.73. The third-order valence-electron chi connectivity index (χ3n) is 8.40. The van der Waals surface area contributed by atoms with Crippen LogP contribution in [0, 0.1) is 0 Å². The summed E-state index contributed by atoms with van der Waals surface area (Å²) in [5, 5.41) is 124. The molecule has 0 saturated carbocycles. The summed E-state index contributed by atoms with van der Waals surface area (Å²) in [6.07, 6.45) is -36.7. The van der Waals surface area contributed by atoms with Crippen molar-refractivity contribution in [3.63, 3.8) is 0 Å². The molecule has 0 aliphatic carbocycles. The van der Waals surface area contributed by atoms with Gasteiger partial charge in [0.05, 0.1) is 19.3 Å². The summed E-state index contributed by atoms with van der Waals surface area (Å²) in [4.78, 5) is 23.6. The highest BCUT2D eigenvalue weighted by atomic mass is 16.8. The van der Waals surface area contributed by atoms with E-state index in [1.54, 1.807) is 0 Å². The molecule has 4 aliphatic heterocycles. The standard InChI is InChI=1S/C26H42O22/c1-5-17(16(37)20(23(40)41-5)42-6(2)29)45-26-15(36)12(33)19(21(48-26)22(38)39)47-25-14(35)11(32)18(8(4-28)44-25)46-24-13(34)10(31)9(30)7(3-27)43-24/h5,7-21,23-28,30-37,40H,3-4H2,1-2H3,(H,38,39)/t5-,7+,8+,9-,10-,11+,12+,13+,14+,15+,16+,17+,18+,19-,20-,21-,23+,24-,25+,26+/m0/s1. The zero-order valence-corrected chi connectivity index (χ0v) is 25.4. The Hall–Kier alpha value is -1.78. The molecule has 0 aromatic rings. The predicted molar refractivity (Wildman–Crippen MR) is 143 cm³/mol. The second kappa shape index (κ2) is 16.1. The summed E-state index contributed by atoms with van der Waals surface area (Å²) in [5.41, 5.74) is 0. The zero-order valence-electron chi connectivity index (χ0n) is 25.4. The van der Waals surface area contributed by atoms with Crippen LogP contribution in [-0.4, -0.2) is 209 Å². The smallest absolute Gasteiger partial charge is 0.335 e. The maximum Gasteiger partial charge on any atom is 0.335 e. The number of aliphatic carboxylic acids is 1. The lowest BCUT2D eigenvalue weighted by Gasteiger charge is -2.48. The average molecular weight is 707 g/mol. The highest BCUT2D eigenvalue weighted by Crippen LogP contribution is 2.34. The van der Waals surface area contributed by atoms with E-state index in [0.29, 0.717) is 0 Å². The fourth-order valence-electron chi connectivity index (χ4n) is 5.80. The molecule has 0 radical (unpaired) electrons. The number of hydrogen-bond acceptors (Lipinski definition) is 21. The summed E-state index contributed by atoms with van der Waals surface area (Å²) in [5.74, 6) is -2.67. The van der Waals surface area contributed by atoms with Crippen LogP contribution in [0.3, 0.4) is 0 Å². The Bertz CT molecular complexity index is 1080. The average Bonchev–Trinajstić information content (AvgIpc) is 3.03. The summed E-state index contributed by atoms with van der Waals surface area (Å²) in [6, 6.07) is 0. The Kier molecular flexibility index (Phi) is 13.0. The quantitative estimate of drug-likeness (QED) is 0.0938. The Morgan fingerprint density at radius 1 is 0.562 bits per heavy atom. The number of carbonyl (C=O) groups is 2. The molecule has 20 atom stereocenters. The third kappa shape index (κ3) is 7.91. The molecule has 0 bridgehead atoms. The van der Waals surface area contributed by atoms with Crippen molar-refractivity contribution in [2.45, 2.75) is 137 Å². The van der Waals surface area contributed by atoms with Gasteiger partial charge in [-0.05, 0) is 6.92 Å². The van der Waals surface area contributed by atoms with Crippen LogP contribution in [0.15, 0.2) is 0 Å². The van der Waals surface area contributed by atoms with Crippen LogP contribution in [0.4, 0.5) is 0 Å². The second-order valence-corrected chi connectivity index (χ2v) is 11.7. The molecular weight excluding hydrogens is 664 g/mol. The van der Waals surface area contributed by atoms with E-state index in [0.717, 1.165) is 6.92 Å². The van der Waals surface area contributed by atoms with Gasteiger partial charge < -0.3 is 99.2 Å². The lowest BCUT2D eigenvalue weighted by molar-refractivity contribution is -0.383. The van der Waals surface area contributed by atoms with Gasteiger partial charge in [-0.25, -0.2) is 4.79 Å². The second-order valence-electron chi connectivity index (χ2n) is 11.7. The minimum Gasteiger partial charge on any atom is -0.479 e. The van der Waals surface area contributed by atoms with E-state index in [9.17, 15) is 70.9 Å². The van der Waals surface area contributed by atoms with Gasteiger partial charge in [0.15, 0.2) is 37.4 Å². The minimum atomic E-state index is -2.18. The molecule has 278 valence electrons. The van der Waals surface area contributed by atoms with Gasteiger partial charge in [-0.2, -0.15) is 0 Å². The Balaban J connectivity index is 1.46. The molecule has 4 heterocycles. The van der Waals surface area contributed by atoms with E-state index in [-0.39, 0.29) is 0 Å². The third-order valence-corrected chi connectivity index (χ3v) is 8.40. The van der Waals surface area contributed by atoms with E-state index >= 15 is 0 Å². The van der Waals surface area contributed by atoms with Crippen LogP contribution in [0.25, 0.3) is 0 Å². The number of carbonyl (C=O) groups excluding carboxylic acids is 1. The number of carboxylic acids is 1. The Morgan fingerprint density at radius 3 is 1.58 bits per heavy atom. The van der Waals surface area contributed by atoms with Crippen molar-refractivity contribution in [2.75, 3.05) is 13.2 Å². The maximum atomic E-state index is 12.2. The zero-order chi connectivity index (χ0) is 35.8. The van der Waals surface area contributed by atoms with E-state index < -0.39 is 148 Å². The van der Waals surface area contributed by atoms with Crippen molar-refractivity contribution >= 4 is 11.9 Å². The van der Waals surface area contributed by atoms with Gasteiger partial charge >= 0.3 is 11.9 Å². The van der Waals surface area contributed by atoms with E-state index in [1.807, 2.05) is 0 Å². The van der Waals surface area contributed by atoms with Crippen molar-refractivity contribution in [3.8, 4) is 0 Å². The first kappa shape index (κ1) is 39.0. The number of esters is 1. The molecule has 0 spiro atoms. The largest absolute Gasteiger partial charge is 0.479 e. The molecule has 4 saturated heterocycles. The van der Waals surface area contributed by atoms with Crippen LogP contribution < -0.4 is 0 Å². The van der Waals surface area contributed by atoms with E-state index in [2.05, 4.69) is 0 Å². The Morgan fingerprint density at radius 2 is 1.04 bits per heavy atom. The van der Waals surface area contributed by atoms with Gasteiger partial charge in [-0.15, -0.1) is 0 Å². The lowest BCUT2D eigenvalue weighted by atomic mass is 9.95. The number of aliphatic hydroxyl groups is 11. The highest BCUT2D eigenvalue weighted by Gasteiger charge is 2.56. The van der Waals surface area contributed by atoms with Gasteiger partial charge in [0.2, 0.25) is 0 Å². The molecule has 0 aromatic carbocycles. The van der Waals surface area contributed by atoms with Crippen molar-refractivity contribution in [3.05, 3.63) is 0 Å². The Labute approximate surface area is 271 Å². The number of rotatable bonds is 10. The molecule has 4 rings (SSSR count). The summed E-state index contributed by atoms with van der Waals surface area (Å²) >= 11 is 0. The van der Waals surface area contributed by atoms with Gasteiger partial charge in [0.25, 0.3) is 0 Å². The molecule has 4 fully saturated rings. The van der Waals surface area contributed by atoms with Crippen LogP contribution in [0.2, 0.25) is 0 Å². The van der Waals surface area contributed by atoms with Crippen LogP contribution in [-0.2, 0) is 47.5 Å². The molecule has 0 amide bonds. The SMILES string of the molecule is CC(=O)O[C@H]1[C@H](O)[C@H](O[C@@H]2O[C@H](C(=O)O)[C@@H](O[C@H]3O[C@H](CO)[C@@H](O[C@@H]4O[C@H](CO)[C@H](O)[C@H](O)[C@H]4O)[C@H](O)[C@H]3O)[C@H](O)[C@H]2O)[C@H](C)O[C@H]1O. The van der Waals surface area contributed by atoms with Gasteiger partial charge in [-0.1, -0.05) is 0 Å². The fourth-order valence-corrected chi connectivity index (χ4v) is 5.80. The fraction of sp³-hybridized carbons (Fsp3) is 0.923. The van der Waals surface area contributed by atoms with Crippen LogP contribution in [0.1, 0.15) is 13.8 Å². The molecule has 22 nitrogen and oxygen atoms in total. The summed E-state index contributed by atoms with van der Waals surface area (Å²) in [6.45, 7) is 0.559. The molecule has 0 aromatic heterocycles. The topological polar surface area (TPSA) is 351 Å². The molecule has 12 N–H and O–H groups in total. The first-order valence-electron chi connectivity index (χ1n) is 14.8. The first-order chi connectivity index (χ1) is 22.5. The van der Waals surface area contributed by atoms with Gasteiger partial charge in [0, 0.05) is 6.92 Å². The number of aliphatic hydroxyl groups excluding tert-OH is 11. The predicted octanol–water partition coefficient (Wildman–Crippen LogP) is -8.06. The lowest BCUT2D eigenvalue weighted by Crippen LogP contribution is -2.67. The van der Waals surface area contributed by atoms with Crippen molar-refractivity contribution in [2.24, 2.45) is 0 Å². The van der Waals surface area contributed by atoms with Crippen molar-refractivity contribution in [1.29, 1.82) is 0 Å². The van der Waals surface area contributed by atoms with Gasteiger partial charge in [0.1, 0.15) is 79.4 Å². The molecule has 22 heteroatoms. The normalized spacial score (nSPS) is 50.1. The molecule has 4 aliphatic rings. The monoisotopic (exact) mass is 706 g/mol. The molecular formula is C26H42O22. The maximum absolute atomic E-state index is 12.2. The van der Waals surface area contributed by atoms with Crippen LogP contribution in [0.5, 0.6) is 0 Å². The summed E-state index contributed by atoms with van der Waals surface area (Å²) in [7, 11) is 0. The van der Waals surface area contributed by atoms with Crippen molar-refractivity contribution < 1.29 is 109 Å². The van der Waals surface area contributed by atoms with Crippen molar-refractivity contribution in [1.82, 2.24) is 0 Å². The first-order valence-corrected chi connectivity index (χ1v) is 14.8. The number of ether oxygens (including phenoxy) is 8.